The molecule has 0 unspecified atom stereocenters. The van der Waals surface area contributed by atoms with Gasteiger partial charge in [0, 0.05) is 31.2 Å². The zero-order valence-electron chi connectivity index (χ0n) is 17.1. The van der Waals surface area contributed by atoms with E-state index in [1.54, 1.807) is 31.4 Å². The first kappa shape index (κ1) is 30.3. The molecule has 2 aromatic carbocycles. The maximum atomic E-state index is 10.9. The number of benzene rings is 2. The monoisotopic (exact) mass is 472 g/mol. The molecule has 0 saturated carbocycles. The molecule has 4 N–H and O–H groups in total. The summed E-state index contributed by atoms with van der Waals surface area (Å²) in [7, 11) is 6.11. The molecule has 29 heavy (non-hydrogen) atoms. The van der Waals surface area contributed by atoms with Crippen molar-refractivity contribution < 1.29 is 80.6 Å². The third-order valence-electron chi connectivity index (χ3n) is 3.28. The van der Waals surface area contributed by atoms with E-state index in [1.807, 2.05) is 0 Å². The standard InChI is InChI=1S/C10H12ClNO3.C8H10ClNO2.K.H2O/c1-6(13)12-8-4-7(14-2)5-9(15-3)10(8)11;1-11-5-3-6(10)8(9)7(4-5)12-2;;/h4-5H,1-3H3,(H,12,13);3-4H,10H2,1-2H3;;1H2/q;;+1;/p-1. The largest absolute Gasteiger partial charge is 1.00 e. The van der Waals surface area contributed by atoms with Crippen LogP contribution in [0.3, 0.4) is 0 Å². The molecule has 0 heterocycles. The maximum absolute atomic E-state index is 10.9. The fourth-order valence-electron chi connectivity index (χ4n) is 1.98. The van der Waals surface area contributed by atoms with Gasteiger partial charge in [-0.3, -0.25) is 4.79 Å². The molecule has 11 heteroatoms. The van der Waals surface area contributed by atoms with E-state index in [9.17, 15) is 4.79 Å². The number of hydrogen-bond acceptors (Lipinski definition) is 7. The van der Waals surface area contributed by atoms with E-state index in [0.29, 0.717) is 44.4 Å². The van der Waals surface area contributed by atoms with Gasteiger partial charge < -0.3 is 35.5 Å². The van der Waals surface area contributed by atoms with Gasteiger partial charge in [0.05, 0.1) is 39.8 Å². The molecule has 0 spiro atoms. The maximum Gasteiger partial charge on any atom is 1.00 e. The van der Waals surface area contributed by atoms with Gasteiger partial charge in [0.15, 0.2) is 0 Å². The molecule has 8 nitrogen and oxygen atoms in total. The average molecular weight is 473 g/mol. The van der Waals surface area contributed by atoms with Crippen LogP contribution in [-0.2, 0) is 4.79 Å². The molecule has 0 atom stereocenters. The molecule has 0 fully saturated rings. The second kappa shape index (κ2) is 15.0. The van der Waals surface area contributed by atoms with Crippen molar-refractivity contribution in [3.05, 3.63) is 34.3 Å². The number of rotatable bonds is 5. The van der Waals surface area contributed by atoms with Crippen molar-refractivity contribution in [2.24, 2.45) is 0 Å². The number of nitrogens with two attached hydrogens (primary N) is 1. The zero-order valence-corrected chi connectivity index (χ0v) is 21.8. The Kier molecular flexibility index (Phi) is 15.6. The number of anilines is 2. The fourth-order valence-corrected chi connectivity index (χ4v) is 2.40. The summed E-state index contributed by atoms with van der Waals surface area (Å²) in [5.41, 5.74) is 6.50. The summed E-state index contributed by atoms with van der Waals surface area (Å²) in [6.07, 6.45) is 0. The van der Waals surface area contributed by atoms with Gasteiger partial charge >= 0.3 is 51.4 Å². The van der Waals surface area contributed by atoms with Crippen LogP contribution in [0.5, 0.6) is 23.0 Å². The summed E-state index contributed by atoms with van der Waals surface area (Å²) in [5, 5.41) is 3.36. The molecule has 1 amide bonds. The number of methoxy groups -OCH3 is 4. The van der Waals surface area contributed by atoms with Gasteiger partial charge in [0.2, 0.25) is 5.91 Å². The quantitative estimate of drug-likeness (QED) is 0.492. The Bertz CT molecular complexity index is 808. The SMILES string of the molecule is COc1cc(N)c(Cl)c(OC)c1.COc1cc(NC(C)=O)c(Cl)c(OC)c1.[K+].[OH-]. The van der Waals surface area contributed by atoms with Crippen LogP contribution < -0.4 is 81.4 Å². The second-order valence-corrected chi connectivity index (χ2v) is 5.86. The van der Waals surface area contributed by atoms with Gasteiger partial charge in [-0.15, -0.1) is 0 Å². The summed E-state index contributed by atoms with van der Waals surface area (Å²) >= 11 is 11.8. The normalized spacial score (nSPS) is 8.93. The van der Waals surface area contributed by atoms with Crippen molar-refractivity contribution in [3.63, 3.8) is 0 Å². The van der Waals surface area contributed by atoms with Crippen molar-refractivity contribution >= 4 is 40.5 Å². The van der Waals surface area contributed by atoms with Gasteiger partial charge in [-0.25, -0.2) is 0 Å². The van der Waals surface area contributed by atoms with Gasteiger partial charge in [-0.05, 0) is 0 Å². The summed E-state index contributed by atoms with van der Waals surface area (Å²) in [6.45, 7) is 1.41. The van der Waals surface area contributed by atoms with Gasteiger partial charge in [-0.1, -0.05) is 23.2 Å². The van der Waals surface area contributed by atoms with E-state index >= 15 is 0 Å². The van der Waals surface area contributed by atoms with Crippen LogP contribution in [-0.4, -0.2) is 39.8 Å². The van der Waals surface area contributed by atoms with Crippen molar-refractivity contribution in [2.75, 3.05) is 39.5 Å². The summed E-state index contributed by atoms with van der Waals surface area (Å²) in [5.74, 6) is 1.98. The number of carbonyl (C=O) groups excluding carboxylic acids is 1. The Hall–Kier alpha value is -0.914. The predicted octanol–water partition coefficient (Wildman–Crippen LogP) is 1.08. The smallest absolute Gasteiger partial charge is 0.870 e. The van der Waals surface area contributed by atoms with Crippen LogP contribution in [0.25, 0.3) is 0 Å². The molecule has 2 aromatic rings. The number of amides is 1. The Labute approximate surface area is 222 Å². The molecule has 0 aliphatic carbocycles. The molecule has 156 valence electrons. The first-order chi connectivity index (χ1) is 12.8. The molecule has 2 rings (SSSR count). The molecule has 0 aromatic heterocycles. The third-order valence-corrected chi connectivity index (χ3v) is 4.07. The fraction of sp³-hybridized carbons (Fsp3) is 0.278. The van der Waals surface area contributed by atoms with Crippen LogP contribution in [0.1, 0.15) is 6.92 Å². The van der Waals surface area contributed by atoms with E-state index < -0.39 is 0 Å². The van der Waals surface area contributed by atoms with E-state index in [1.165, 1.54) is 28.3 Å². The minimum atomic E-state index is -0.202. The van der Waals surface area contributed by atoms with Gasteiger partial charge in [-0.2, -0.15) is 0 Å². The molecule has 0 aliphatic heterocycles. The summed E-state index contributed by atoms with van der Waals surface area (Å²) < 4.78 is 20.0. The Balaban J connectivity index is 0. The van der Waals surface area contributed by atoms with Crippen molar-refractivity contribution in [1.29, 1.82) is 0 Å². The minimum absolute atomic E-state index is 0. The number of ether oxygens (including phenoxy) is 4. The van der Waals surface area contributed by atoms with E-state index in [2.05, 4.69) is 5.32 Å². The molecular weight excluding hydrogens is 450 g/mol. The van der Waals surface area contributed by atoms with Crippen LogP contribution in [0, 0.1) is 0 Å². The minimum Gasteiger partial charge on any atom is -0.870 e. The molecular formula is C18H23Cl2KN2O6. The molecule has 0 bridgehead atoms. The van der Waals surface area contributed by atoms with Crippen LogP contribution in [0.4, 0.5) is 11.4 Å². The summed E-state index contributed by atoms with van der Waals surface area (Å²) in [4.78, 5) is 10.9. The molecule has 0 aliphatic rings. The van der Waals surface area contributed by atoms with Crippen molar-refractivity contribution in [3.8, 4) is 23.0 Å². The topological polar surface area (TPSA) is 122 Å². The first-order valence-electron chi connectivity index (χ1n) is 7.63. The Morgan fingerprint density at radius 1 is 0.862 bits per heavy atom. The number of nitrogens with one attached hydrogen (secondary N) is 1. The van der Waals surface area contributed by atoms with E-state index in [-0.39, 0.29) is 62.8 Å². The number of hydrogen-bond donors (Lipinski definition) is 2. The average Bonchev–Trinajstić information content (AvgIpc) is 2.65. The molecule has 0 saturated heterocycles. The predicted molar refractivity (Wildman–Crippen MR) is 110 cm³/mol. The first-order valence-corrected chi connectivity index (χ1v) is 8.39. The second-order valence-electron chi connectivity index (χ2n) is 5.11. The van der Waals surface area contributed by atoms with Crippen molar-refractivity contribution in [1.82, 2.24) is 0 Å². The third kappa shape index (κ3) is 9.18. The number of nitrogen functional groups attached to an aromatic ring is 1. The van der Waals surface area contributed by atoms with Crippen LogP contribution in [0.2, 0.25) is 10.0 Å². The Morgan fingerprint density at radius 3 is 1.72 bits per heavy atom. The Morgan fingerprint density at radius 2 is 1.31 bits per heavy atom. The van der Waals surface area contributed by atoms with Crippen LogP contribution in [0.15, 0.2) is 24.3 Å². The van der Waals surface area contributed by atoms with Gasteiger partial charge in [0.1, 0.15) is 33.0 Å². The van der Waals surface area contributed by atoms with E-state index in [0.717, 1.165) is 0 Å². The van der Waals surface area contributed by atoms with Crippen LogP contribution >= 0.6 is 23.2 Å². The van der Waals surface area contributed by atoms with Gasteiger partial charge in [0.25, 0.3) is 0 Å². The number of carbonyl (C=O) groups is 1. The molecule has 0 radical (unpaired) electrons. The van der Waals surface area contributed by atoms with E-state index in [4.69, 9.17) is 47.9 Å². The van der Waals surface area contributed by atoms with Crippen molar-refractivity contribution in [2.45, 2.75) is 6.92 Å². The zero-order chi connectivity index (χ0) is 20.6. The number of halogens is 2. The summed E-state index contributed by atoms with van der Waals surface area (Å²) in [6, 6.07) is 6.60.